The van der Waals surface area contributed by atoms with Crippen molar-refractivity contribution in [1.29, 1.82) is 0 Å². The smallest absolute Gasteiger partial charge is 0.276 e. The molecule has 5 nitrogen and oxygen atoms in total. The van der Waals surface area contributed by atoms with E-state index in [4.69, 9.17) is 4.52 Å². The summed E-state index contributed by atoms with van der Waals surface area (Å²) >= 11 is 1.65. The van der Waals surface area contributed by atoms with E-state index in [1.165, 1.54) is 0 Å². The van der Waals surface area contributed by atoms with Crippen molar-refractivity contribution in [2.45, 2.75) is 46.6 Å². The fourth-order valence-electron chi connectivity index (χ4n) is 2.25. The molecule has 0 bridgehead atoms. The second-order valence-electron chi connectivity index (χ2n) is 5.19. The fraction of sp³-hybridized carbons (Fsp3) is 0.533. The maximum absolute atomic E-state index is 12.5. The third-order valence-corrected chi connectivity index (χ3v) is 4.41. The Kier molecular flexibility index (Phi) is 4.77. The maximum atomic E-state index is 12.5. The summed E-state index contributed by atoms with van der Waals surface area (Å²) < 4.78 is 5.18. The molecule has 1 atom stereocenters. The van der Waals surface area contributed by atoms with E-state index >= 15 is 0 Å². The number of aromatic nitrogens is 2. The van der Waals surface area contributed by atoms with Gasteiger partial charge in [0.2, 0.25) is 0 Å². The van der Waals surface area contributed by atoms with E-state index in [-0.39, 0.29) is 11.9 Å². The van der Waals surface area contributed by atoms with Gasteiger partial charge in [-0.2, -0.15) is 0 Å². The summed E-state index contributed by atoms with van der Waals surface area (Å²) in [5.41, 5.74) is 1.31. The molecule has 0 fully saturated rings. The minimum atomic E-state index is -0.140. The Labute approximate surface area is 129 Å². The Balaban J connectivity index is 2.16. The molecule has 1 amide bonds. The van der Waals surface area contributed by atoms with Crippen molar-refractivity contribution in [2.24, 2.45) is 0 Å². The number of carbonyl (C=O) groups is 1. The quantitative estimate of drug-likeness (QED) is 0.848. The summed E-state index contributed by atoms with van der Waals surface area (Å²) in [4.78, 5) is 19.8. The van der Waals surface area contributed by atoms with Gasteiger partial charge in [-0.3, -0.25) is 4.79 Å². The molecule has 0 aliphatic rings. The van der Waals surface area contributed by atoms with Crippen LogP contribution in [0, 0.1) is 13.8 Å². The average molecular weight is 307 g/mol. The Morgan fingerprint density at radius 1 is 1.48 bits per heavy atom. The van der Waals surface area contributed by atoms with Crippen molar-refractivity contribution >= 4 is 17.2 Å². The molecule has 0 saturated carbocycles. The molecule has 2 heterocycles. The van der Waals surface area contributed by atoms with Crippen LogP contribution in [0.1, 0.15) is 58.1 Å². The summed E-state index contributed by atoms with van der Waals surface area (Å²) in [5, 5.41) is 4.89. The van der Waals surface area contributed by atoms with E-state index in [9.17, 15) is 4.79 Å². The molecule has 0 aliphatic carbocycles. The number of hydrogen-bond donors (Lipinski definition) is 0. The van der Waals surface area contributed by atoms with Crippen LogP contribution >= 0.6 is 11.3 Å². The second-order valence-corrected chi connectivity index (χ2v) is 6.60. The number of carbonyl (C=O) groups excluding carboxylic acids is 1. The first-order valence-electron chi connectivity index (χ1n) is 7.10. The van der Waals surface area contributed by atoms with Gasteiger partial charge in [0.05, 0.1) is 16.7 Å². The summed E-state index contributed by atoms with van der Waals surface area (Å²) in [5.74, 6) is 0.612. The van der Waals surface area contributed by atoms with Crippen LogP contribution < -0.4 is 0 Å². The van der Waals surface area contributed by atoms with Crippen LogP contribution in [-0.4, -0.2) is 28.0 Å². The summed E-state index contributed by atoms with van der Waals surface area (Å²) in [6.45, 7) is 8.05. The normalized spacial score (nSPS) is 12.4. The largest absolute Gasteiger partial charge is 0.361 e. The van der Waals surface area contributed by atoms with Gasteiger partial charge >= 0.3 is 0 Å². The van der Waals surface area contributed by atoms with Crippen LogP contribution in [0.4, 0.5) is 0 Å². The van der Waals surface area contributed by atoms with Crippen LogP contribution in [0.2, 0.25) is 0 Å². The topological polar surface area (TPSA) is 59.2 Å². The highest BCUT2D eigenvalue weighted by Crippen LogP contribution is 2.26. The number of amides is 1. The van der Waals surface area contributed by atoms with Crippen LogP contribution in [0.3, 0.4) is 0 Å². The molecule has 1 unspecified atom stereocenters. The van der Waals surface area contributed by atoms with Crippen molar-refractivity contribution in [2.75, 3.05) is 7.05 Å². The van der Waals surface area contributed by atoms with E-state index in [1.54, 1.807) is 29.4 Å². The SMILES string of the molecule is CCCc1cc(C(=O)N(C)C(C)c2nc(C)sc2C)no1. The highest BCUT2D eigenvalue weighted by atomic mass is 32.1. The number of rotatable bonds is 5. The van der Waals surface area contributed by atoms with Crippen molar-refractivity contribution in [3.8, 4) is 0 Å². The van der Waals surface area contributed by atoms with Gasteiger partial charge in [0.15, 0.2) is 5.69 Å². The lowest BCUT2D eigenvalue weighted by Gasteiger charge is -2.23. The predicted octanol–water partition coefficient (Wildman–Crippen LogP) is 3.53. The van der Waals surface area contributed by atoms with E-state index in [1.807, 2.05) is 20.8 Å². The van der Waals surface area contributed by atoms with Crippen molar-refractivity contribution < 1.29 is 9.32 Å². The van der Waals surface area contributed by atoms with Gasteiger partial charge in [0.1, 0.15) is 5.76 Å². The van der Waals surface area contributed by atoms with E-state index in [0.717, 1.165) is 34.2 Å². The first-order chi connectivity index (χ1) is 9.93. The highest BCUT2D eigenvalue weighted by molar-refractivity contribution is 7.11. The van der Waals surface area contributed by atoms with Gasteiger partial charge in [0.25, 0.3) is 5.91 Å². The highest BCUT2D eigenvalue weighted by Gasteiger charge is 2.24. The van der Waals surface area contributed by atoms with Crippen molar-refractivity contribution in [3.63, 3.8) is 0 Å². The molecule has 21 heavy (non-hydrogen) atoms. The first-order valence-corrected chi connectivity index (χ1v) is 7.92. The van der Waals surface area contributed by atoms with Crippen LogP contribution in [-0.2, 0) is 6.42 Å². The zero-order chi connectivity index (χ0) is 15.6. The molecule has 0 spiro atoms. The van der Waals surface area contributed by atoms with Gasteiger partial charge in [-0.15, -0.1) is 11.3 Å². The van der Waals surface area contributed by atoms with E-state index in [0.29, 0.717) is 5.69 Å². The Bertz CT molecular complexity index is 633. The number of aryl methyl sites for hydroxylation is 3. The number of thiazole rings is 1. The molecule has 114 valence electrons. The molecule has 6 heteroatoms. The summed E-state index contributed by atoms with van der Waals surface area (Å²) in [6, 6.07) is 1.64. The van der Waals surface area contributed by atoms with E-state index < -0.39 is 0 Å². The zero-order valence-corrected chi connectivity index (χ0v) is 14.0. The minimum absolute atomic E-state index is 0.0891. The van der Waals surface area contributed by atoms with Crippen molar-refractivity contribution in [3.05, 3.63) is 33.1 Å². The third-order valence-electron chi connectivity index (χ3n) is 3.51. The summed E-state index contributed by atoms with van der Waals surface area (Å²) in [6.07, 6.45) is 1.76. The lowest BCUT2D eigenvalue weighted by atomic mass is 10.1. The number of nitrogens with zero attached hydrogens (tertiary/aromatic N) is 3. The number of hydrogen-bond acceptors (Lipinski definition) is 5. The van der Waals surface area contributed by atoms with Crippen molar-refractivity contribution in [1.82, 2.24) is 15.0 Å². The minimum Gasteiger partial charge on any atom is -0.361 e. The molecule has 0 radical (unpaired) electrons. The van der Waals surface area contributed by atoms with Gasteiger partial charge in [-0.25, -0.2) is 4.98 Å². The van der Waals surface area contributed by atoms with Gasteiger partial charge in [-0.1, -0.05) is 12.1 Å². The molecule has 2 rings (SSSR count). The van der Waals surface area contributed by atoms with E-state index in [2.05, 4.69) is 17.1 Å². The summed E-state index contributed by atoms with van der Waals surface area (Å²) in [7, 11) is 1.77. The van der Waals surface area contributed by atoms with Crippen LogP contribution in [0.15, 0.2) is 10.6 Å². The fourth-order valence-corrected chi connectivity index (χ4v) is 3.16. The predicted molar refractivity (Wildman–Crippen MR) is 82.6 cm³/mol. The average Bonchev–Trinajstić information content (AvgIpc) is 3.03. The van der Waals surface area contributed by atoms with Crippen LogP contribution in [0.5, 0.6) is 0 Å². The second kappa shape index (κ2) is 6.39. The molecule has 0 N–H and O–H groups in total. The molecular formula is C15H21N3O2S. The molecule has 2 aromatic rings. The first kappa shape index (κ1) is 15.7. The molecule has 0 aromatic carbocycles. The Morgan fingerprint density at radius 2 is 2.19 bits per heavy atom. The lowest BCUT2D eigenvalue weighted by molar-refractivity contribution is 0.0729. The third kappa shape index (κ3) is 3.32. The van der Waals surface area contributed by atoms with Gasteiger partial charge < -0.3 is 9.42 Å². The Hall–Kier alpha value is -1.69. The maximum Gasteiger partial charge on any atom is 0.276 e. The standard InChI is InChI=1S/C15H21N3O2S/c1-6-7-12-8-13(17-20-12)15(19)18(5)9(2)14-10(3)21-11(4)16-14/h8-9H,6-7H2,1-5H3. The van der Waals surface area contributed by atoms with Gasteiger partial charge in [0, 0.05) is 24.4 Å². The monoisotopic (exact) mass is 307 g/mol. The zero-order valence-electron chi connectivity index (χ0n) is 13.1. The van der Waals surface area contributed by atoms with Gasteiger partial charge in [-0.05, 0) is 27.2 Å². The molecule has 2 aromatic heterocycles. The Morgan fingerprint density at radius 3 is 2.76 bits per heavy atom. The molecule has 0 saturated heterocycles. The molecule has 0 aliphatic heterocycles. The molecular weight excluding hydrogens is 286 g/mol. The lowest BCUT2D eigenvalue weighted by Crippen LogP contribution is -2.30. The van der Waals surface area contributed by atoms with Crippen LogP contribution in [0.25, 0.3) is 0 Å².